The monoisotopic (exact) mass is 329 g/mol. The summed E-state index contributed by atoms with van der Waals surface area (Å²) in [4.78, 5) is 34.1. The van der Waals surface area contributed by atoms with Crippen LogP contribution in [0.3, 0.4) is 0 Å². The number of aliphatic carboxylic acids is 1. The van der Waals surface area contributed by atoms with E-state index in [0.29, 0.717) is 6.42 Å². The molecule has 0 rings (SSSR count). The normalized spacial score (nSPS) is 11.9. The van der Waals surface area contributed by atoms with Crippen molar-refractivity contribution >= 4 is 17.7 Å². The van der Waals surface area contributed by atoms with E-state index in [1.807, 2.05) is 0 Å². The number of rotatable bonds is 15. The average molecular weight is 329 g/mol. The Morgan fingerprint density at radius 3 is 2.04 bits per heavy atom. The molecule has 0 radical (unpaired) electrons. The number of carboxylic acid groups (broad SMARTS) is 1. The molecule has 3 N–H and O–H groups in total. The molecule has 0 heterocycles. The van der Waals surface area contributed by atoms with Crippen molar-refractivity contribution in [2.75, 3.05) is 6.61 Å². The van der Waals surface area contributed by atoms with Gasteiger partial charge in [0.05, 0.1) is 6.42 Å². The Labute approximate surface area is 138 Å². The zero-order chi connectivity index (χ0) is 17.5. The van der Waals surface area contributed by atoms with Gasteiger partial charge in [0.25, 0.3) is 0 Å². The fourth-order valence-corrected chi connectivity index (χ4v) is 2.36. The summed E-state index contributed by atoms with van der Waals surface area (Å²) in [7, 11) is 0. The maximum absolute atomic E-state index is 11.7. The number of amides is 1. The number of carbonyl (C=O) groups is 3. The van der Waals surface area contributed by atoms with E-state index >= 15 is 0 Å². The summed E-state index contributed by atoms with van der Waals surface area (Å²) in [5, 5.41) is 19.8. The van der Waals surface area contributed by atoms with Gasteiger partial charge in [-0.25, -0.2) is 4.79 Å². The van der Waals surface area contributed by atoms with Gasteiger partial charge in [0.2, 0.25) is 5.91 Å². The fourth-order valence-electron chi connectivity index (χ4n) is 2.36. The van der Waals surface area contributed by atoms with Crippen LogP contribution in [-0.2, 0) is 14.4 Å². The molecule has 6 heteroatoms. The number of ketones is 1. The first-order chi connectivity index (χ1) is 11.0. The Hall–Kier alpha value is -1.43. The number of hydrogen-bond acceptors (Lipinski definition) is 4. The lowest BCUT2D eigenvalue weighted by Gasteiger charge is -2.12. The van der Waals surface area contributed by atoms with Gasteiger partial charge >= 0.3 is 5.97 Å². The first-order valence-corrected chi connectivity index (χ1v) is 8.66. The number of nitrogens with one attached hydrogen (secondary N) is 1. The molecule has 0 aromatic rings. The van der Waals surface area contributed by atoms with Crippen molar-refractivity contribution in [2.45, 2.75) is 83.6 Å². The first kappa shape index (κ1) is 21.6. The number of aliphatic hydroxyl groups is 1. The van der Waals surface area contributed by atoms with E-state index in [0.717, 1.165) is 19.3 Å². The minimum atomic E-state index is -1.21. The second-order valence-electron chi connectivity index (χ2n) is 5.91. The molecular weight excluding hydrogens is 298 g/mol. The lowest BCUT2D eigenvalue weighted by atomic mass is 10.0. The Balaban J connectivity index is 3.72. The molecule has 0 aliphatic heterocycles. The second-order valence-corrected chi connectivity index (χ2v) is 5.91. The third-order valence-electron chi connectivity index (χ3n) is 3.72. The number of carbonyl (C=O) groups excluding carboxylic acids is 2. The third kappa shape index (κ3) is 12.8. The molecule has 0 saturated carbocycles. The summed E-state index contributed by atoms with van der Waals surface area (Å²) in [6.07, 6.45) is 9.11. The zero-order valence-corrected chi connectivity index (χ0v) is 14.2. The minimum absolute atomic E-state index is 0.0622. The number of carboxylic acids is 1. The van der Waals surface area contributed by atoms with Crippen molar-refractivity contribution < 1.29 is 24.6 Å². The van der Waals surface area contributed by atoms with Gasteiger partial charge in [0.15, 0.2) is 0 Å². The SMILES string of the molecule is CCCCCCCCCCC(=O)CC(=O)N[C@@H](CCO)C(=O)O. The summed E-state index contributed by atoms with van der Waals surface area (Å²) in [6, 6.07) is -1.14. The van der Waals surface area contributed by atoms with Crippen LogP contribution in [0, 0.1) is 0 Å². The number of Topliss-reactive ketones (excluding diaryl/α,β-unsaturated/α-hetero) is 1. The van der Waals surface area contributed by atoms with Crippen molar-refractivity contribution in [3.05, 3.63) is 0 Å². The van der Waals surface area contributed by atoms with Crippen molar-refractivity contribution in [1.82, 2.24) is 5.32 Å². The molecule has 0 aliphatic rings. The largest absolute Gasteiger partial charge is 0.480 e. The van der Waals surface area contributed by atoms with Gasteiger partial charge in [-0.3, -0.25) is 9.59 Å². The predicted octanol–water partition coefficient (Wildman–Crippen LogP) is 2.43. The summed E-state index contributed by atoms with van der Waals surface area (Å²) in [6.45, 7) is 1.85. The molecule has 134 valence electrons. The molecule has 23 heavy (non-hydrogen) atoms. The van der Waals surface area contributed by atoms with Crippen LogP contribution in [0.2, 0.25) is 0 Å². The van der Waals surface area contributed by atoms with Gasteiger partial charge < -0.3 is 15.5 Å². The molecule has 0 aromatic carbocycles. The highest BCUT2D eigenvalue weighted by atomic mass is 16.4. The molecule has 0 saturated heterocycles. The van der Waals surface area contributed by atoms with Gasteiger partial charge in [0.1, 0.15) is 11.8 Å². The first-order valence-electron chi connectivity index (χ1n) is 8.66. The molecule has 0 spiro atoms. The Morgan fingerprint density at radius 1 is 0.957 bits per heavy atom. The molecule has 0 aromatic heterocycles. The zero-order valence-electron chi connectivity index (χ0n) is 14.2. The fraction of sp³-hybridized carbons (Fsp3) is 0.824. The molecular formula is C17H31NO5. The van der Waals surface area contributed by atoms with Crippen LogP contribution >= 0.6 is 0 Å². The van der Waals surface area contributed by atoms with Crippen LogP contribution in [0.4, 0.5) is 0 Å². The van der Waals surface area contributed by atoms with Gasteiger partial charge in [-0.05, 0) is 6.42 Å². The van der Waals surface area contributed by atoms with Gasteiger partial charge in [0, 0.05) is 19.4 Å². The van der Waals surface area contributed by atoms with Gasteiger partial charge in [-0.1, -0.05) is 51.9 Å². The topological polar surface area (TPSA) is 104 Å². The molecule has 0 bridgehead atoms. The summed E-state index contributed by atoms with van der Waals surface area (Å²) >= 11 is 0. The second kappa shape index (κ2) is 14.2. The van der Waals surface area contributed by atoms with Crippen LogP contribution in [0.15, 0.2) is 0 Å². The van der Waals surface area contributed by atoms with Crippen molar-refractivity contribution in [3.8, 4) is 0 Å². The highest BCUT2D eigenvalue weighted by Gasteiger charge is 2.20. The van der Waals surface area contributed by atoms with E-state index < -0.39 is 17.9 Å². The average Bonchev–Trinajstić information content (AvgIpc) is 2.49. The van der Waals surface area contributed by atoms with Crippen LogP contribution in [0.5, 0.6) is 0 Å². The summed E-state index contributed by atoms with van der Waals surface area (Å²) in [5.74, 6) is -1.96. The Kier molecular flexibility index (Phi) is 13.3. The van der Waals surface area contributed by atoms with Gasteiger partial charge in [-0.2, -0.15) is 0 Å². The van der Waals surface area contributed by atoms with Crippen molar-refractivity contribution in [1.29, 1.82) is 0 Å². The third-order valence-corrected chi connectivity index (χ3v) is 3.72. The van der Waals surface area contributed by atoms with Crippen molar-refractivity contribution in [3.63, 3.8) is 0 Å². The highest BCUT2D eigenvalue weighted by molar-refractivity contribution is 5.99. The molecule has 6 nitrogen and oxygen atoms in total. The molecule has 0 fully saturated rings. The van der Waals surface area contributed by atoms with E-state index in [2.05, 4.69) is 12.2 Å². The van der Waals surface area contributed by atoms with Crippen LogP contribution in [0.25, 0.3) is 0 Å². The lowest BCUT2D eigenvalue weighted by molar-refractivity contribution is -0.143. The summed E-state index contributed by atoms with van der Waals surface area (Å²) < 4.78 is 0. The lowest BCUT2D eigenvalue weighted by Crippen LogP contribution is -2.42. The van der Waals surface area contributed by atoms with E-state index in [9.17, 15) is 14.4 Å². The molecule has 1 atom stereocenters. The Bertz CT molecular complexity index is 357. The van der Waals surface area contributed by atoms with E-state index in [1.165, 1.54) is 32.1 Å². The quantitative estimate of drug-likeness (QED) is 0.316. The number of unbranched alkanes of at least 4 members (excludes halogenated alkanes) is 7. The standard InChI is InChI=1S/C17H31NO5/c1-2-3-4-5-6-7-8-9-10-14(20)13-16(21)18-15(11-12-19)17(22)23/h15,19H,2-13H2,1H3,(H,18,21)(H,22,23)/t15-/m0/s1. The van der Waals surface area contributed by atoms with Gasteiger partial charge in [-0.15, -0.1) is 0 Å². The Morgan fingerprint density at radius 2 is 1.52 bits per heavy atom. The molecule has 0 unspecified atom stereocenters. The number of aliphatic hydroxyl groups excluding tert-OH is 1. The van der Waals surface area contributed by atoms with Crippen LogP contribution < -0.4 is 5.32 Å². The van der Waals surface area contributed by atoms with E-state index in [4.69, 9.17) is 10.2 Å². The smallest absolute Gasteiger partial charge is 0.326 e. The van der Waals surface area contributed by atoms with Crippen LogP contribution in [-0.4, -0.2) is 40.5 Å². The summed E-state index contributed by atoms with van der Waals surface area (Å²) in [5.41, 5.74) is 0. The highest BCUT2D eigenvalue weighted by Crippen LogP contribution is 2.10. The minimum Gasteiger partial charge on any atom is -0.480 e. The van der Waals surface area contributed by atoms with Crippen molar-refractivity contribution in [2.24, 2.45) is 0 Å². The molecule has 0 aliphatic carbocycles. The van der Waals surface area contributed by atoms with E-state index in [1.54, 1.807) is 0 Å². The maximum Gasteiger partial charge on any atom is 0.326 e. The predicted molar refractivity (Wildman–Crippen MR) is 88.1 cm³/mol. The maximum atomic E-state index is 11.7. The number of hydrogen-bond donors (Lipinski definition) is 3. The van der Waals surface area contributed by atoms with Crippen LogP contribution in [0.1, 0.15) is 77.6 Å². The van der Waals surface area contributed by atoms with E-state index in [-0.39, 0.29) is 25.2 Å². The molecule has 1 amide bonds.